The van der Waals surface area contributed by atoms with Gasteiger partial charge in [0.1, 0.15) is 6.20 Å². The fourth-order valence-corrected chi connectivity index (χ4v) is 1.54. The number of nitrogens with zero attached hydrogens (tertiary/aromatic N) is 2. The van der Waals surface area contributed by atoms with Crippen LogP contribution in [0.4, 0.5) is 0 Å². The third-order valence-electron chi connectivity index (χ3n) is 2.40. The summed E-state index contributed by atoms with van der Waals surface area (Å²) in [5.41, 5.74) is 1.37. The lowest BCUT2D eigenvalue weighted by atomic mass is 10.1. The first-order chi connectivity index (χ1) is 6.86. The number of aliphatic imine (C=N–C) groups is 1. The first-order valence-corrected chi connectivity index (χ1v) is 4.86. The fraction of sp³-hybridized carbons (Fsp3) is 0.250. The van der Waals surface area contributed by atoms with E-state index in [0.29, 0.717) is 0 Å². The molecule has 0 N–H and O–H groups in total. The van der Waals surface area contributed by atoms with Crippen LogP contribution in [0.15, 0.2) is 42.7 Å². The van der Waals surface area contributed by atoms with Crippen LogP contribution in [0, 0.1) is 0 Å². The van der Waals surface area contributed by atoms with Crippen LogP contribution in [0.3, 0.4) is 0 Å². The smallest absolute Gasteiger partial charge is 0.234 e. The van der Waals surface area contributed by atoms with E-state index in [-0.39, 0.29) is 0 Å². The predicted octanol–water partition coefficient (Wildman–Crippen LogP) is 1.77. The van der Waals surface area contributed by atoms with Crippen molar-refractivity contribution < 1.29 is 0 Å². The van der Waals surface area contributed by atoms with E-state index < -0.39 is 0 Å². The van der Waals surface area contributed by atoms with E-state index in [9.17, 15) is 0 Å². The molecule has 2 heteroatoms. The van der Waals surface area contributed by atoms with Gasteiger partial charge in [-0.25, -0.2) is 4.90 Å². The number of hydrogen-bond acceptors (Lipinski definition) is 2. The van der Waals surface area contributed by atoms with Crippen molar-refractivity contribution in [3.8, 4) is 0 Å². The Morgan fingerprint density at radius 3 is 2.57 bits per heavy atom. The van der Waals surface area contributed by atoms with Crippen molar-refractivity contribution in [2.45, 2.75) is 12.8 Å². The molecule has 0 aromatic heterocycles. The normalized spacial score (nSPS) is 14.6. The van der Waals surface area contributed by atoms with Crippen molar-refractivity contribution in [2.24, 2.45) is 0 Å². The number of rotatable bonds is 3. The Bertz CT molecular complexity index is 352. The predicted molar refractivity (Wildman–Crippen MR) is 58.8 cm³/mol. The van der Waals surface area contributed by atoms with E-state index in [1.54, 1.807) is 0 Å². The van der Waals surface area contributed by atoms with Gasteiger partial charge in [0.25, 0.3) is 5.84 Å². The van der Waals surface area contributed by atoms with Gasteiger partial charge in [0.15, 0.2) is 6.20 Å². The van der Waals surface area contributed by atoms with Gasteiger partial charge < -0.3 is 0 Å². The molecule has 2 rings (SSSR count). The van der Waals surface area contributed by atoms with Crippen LogP contribution in [0.1, 0.15) is 12.0 Å². The maximum absolute atomic E-state index is 4.29. The number of benzene rings is 1. The largest absolute Gasteiger partial charge is 0.298 e. The van der Waals surface area contributed by atoms with Crippen molar-refractivity contribution in [3.63, 3.8) is 0 Å². The van der Waals surface area contributed by atoms with Crippen molar-refractivity contribution in [2.75, 3.05) is 7.05 Å². The summed E-state index contributed by atoms with van der Waals surface area (Å²) in [6, 6.07) is 10.5. The Hall–Kier alpha value is -1.57. The maximum atomic E-state index is 4.29. The Morgan fingerprint density at radius 1 is 1.14 bits per heavy atom. The minimum atomic E-state index is 1.01. The molecule has 0 fully saturated rings. The second-order valence-electron chi connectivity index (χ2n) is 3.44. The fourth-order valence-electron chi connectivity index (χ4n) is 1.54. The van der Waals surface area contributed by atoms with Gasteiger partial charge in [-0.1, -0.05) is 35.3 Å². The van der Waals surface area contributed by atoms with Gasteiger partial charge in [-0.2, -0.15) is 0 Å². The Kier molecular flexibility index (Phi) is 2.63. The van der Waals surface area contributed by atoms with Crippen molar-refractivity contribution in [1.29, 1.82) is 0 Å². The number of hydrogen-bond donors (Lipinski definition) is 0. The second kappa shape index (κ2) is 4.09. The van der Waals surface area contributed by atoms with Crippen LogP contribution in [-0.2, 0) is 6.42 Å². The standard InChI is InChI=1S/C12H14N2/c1-14-10-9-13-12(14)8-7-11-5-3-2-4-6-11/h2-6,9-10H,7-8H2,1H3/q+1. The molecule has 71 valence electrons. The molecule has 1 heterocycles. The van der Waals surface area contributed by atoms with Crippen LogP contribution in [-0.4, -0.2) is 17.8 Å². The third kappa shape index (κ3) is 2.02. The van der Waals surface area contributed by atoms with Crippen LogP contribution < -0.4 is 4.99 Å². The average Bonchev–Trinajstić information content (AvgIpc) is 2.63. The Labute approximate surface area is 84.6 Å². The summed E-state index contributed by atoms with van der Waals surface area (Å²) in [7, 11) is 2.04. The Morgan fingerprint density at radius 2 is 1.93 bits per heavy atom. The zero-order valence-electron chi connectivity index (χ0n) is 8.35. The molecule has 1 aliphatic rings. The van der Waals surface area contributed by atoms with Crippen molar-refractivity contribution in [1.82, 2.24) is 9.89 Å². The van der Waals surface area contributed by atoms with E-state index in [2.05, 4.69) is 34.2 Å². The van der Waals surface area contributed by atoms with Gasteiger partial charge in [-0.15, -0.1) is 0 Å². The lowest BCUT2D eigenvalue weighted by molar-refractivity contribution is 0.677. The quantitative estimate of drug-likeness (QED) is 0.703. The van der Waals surface area contributed by atoms with Gasteiger partial charge in [-0.05, 0) is 12.0 Å². The van der Waals surface area contributed by atoms with E-state index >= 15 is 0 Å². The van der Waals surface area contributed by atoms with E-state index in [4.69, 9.17) is 0 Å². The summed E-state index contributed by atoms with van der Waals surface area (Å²) >= 11 is 0. The maximum Gasteiger partial charge on any atom is 0.298 e. The minimum Gasteiger partial charge on any atom is -0.234 e. The summed E-state index contributed by atoms with van der Waals surface area (Å²) in [5, 5.41) is 0. The highest BCUT2D eigenvalue weighted by atomic mass is 15.2. The molecule has 0 unspecified atom stereocenters. The summed E-state index contributed by atoms with van der Waals surface area (Å²) in [6.45, 7) is 0. The van der Waals surface area contributed by atoms with Crippen molar-refractivity contribution in [3.05, 3.63) is 48.3 Å². The van der Waals surface area contributed by atoms with Gasteiger partial charge >= 0.3 is 0 Å². The van der Waals surface area contributed by atoms with Crippen LogP contribution in [0.2, 0.25) is 0 Å². The molecule has 0 atom stereocenters. The molecular weight excluding hydrogens is 172 g/mol. The molecule has 1 radical (unpaired) electrons. The average molecular weight is 186 g/mol. The molecule has 1 aliphatic heterocycles. The first kappa shape index (κ1) is 9.00. The van der Waals surface area contributed by atoms with E-state index in [1.165, 1.54) is 5.56 Å². The molecule has 0 amide bonds. The summed E-state index contributed by atoms with van der Waals surface area (Å²) in [5.74, 6) is 1.15. The monoisotopic (exact) mass is 186 g/mol. The molecular formula is C12H14N2+. The van der Waals surface area contributed by atoms with Gasteiger partial charge in [0.2, 0.25) is 0 Å². The lowest BCUT2D eigenvalue weighted by Gasteiger charge is -2.02. The van der Waals surface area contributed by atoms with Gasteiger partial charge in [0, 0.05) is 0 Å². The summed E-state index contributed by atoms with van der Waals surface area (Å²) in [4.78, 5) is 6.37. The second-order valence-corrected chi connectivity index (χ2v) is 3.44. The third-order valence-corrected chi connectivity index (χ3v) is 2.40. The van der Waals surface area contributed by atoms with E-state index in [1.807, 2.05) is 25.5 Å². The molecule has 0 saturated heterocycles. The number of aryl methyl sites for hydroxylation is 1. The minimum absolute atomic E-state index is 1.01. The molecule has 1 aromatic carbocycles. The molecule has 2 nitrogen and oxygen atoms in total. The van der Waals surface area contributed by atoms with E-state index in [0.717, 1.165) is 18.7 Å². The zero-order valence-corrected chi connectivity index (χ0v) is 8.35. The topological polar surface area (TPSA) is 17.3 Å². The van der Waals surface area contributed by atoms with Crippen LogP contribution >= 0.6 is 0 Å². The first-order valence-electron chi connectivity index (χ1n) is 4.86. The zero-order chi connectivity index (χ0) is 9.80. The summed E-state index contributed by atoms with van der Waals surface area (Å²) < 4.78 is 0. The highest BCUT2D eigenvalue weighted by Crippen LogP contribution is 2.05. The van der Waals surface area contributed by atoms with Crippen LogP contribution in [0.25, 0.3) is 0 Å². The highest BCUT2D eigenvalue weighted by molar-refractivity contribution is 5.84. The summed E-state index contributed by atoms with van der Waals surface area (Å²) in [6.07, 6.45) is 5.90. The Balaban J connectivity index is 1.90. The number of amidine groups is 1. The SMILES string of the molecule is CN1C=C[N+]=C1CCc1ccccc1. The molecule has 0 saturated carbocycles. The van der Waals surface area contributed by atoms with Crippen molar-refractivity contribution >= 4 is 5.84 Å². The molecule has 14 heavy (non-hydrogen) atoms. The van der Waals surface area contributed by atoms with Crippen LogP contribution in [0.5, 0.6) is 0 Å². The van der Waals surface area contributed by atoms with Gasteiger partial charge in [0.05, 0.1) is 13.5 Å². The van der Waals surface area contributed by atoms with Gasteiger partial charge in [-0.3, -0.25) is 0 Å². The lowest BCUT2D eigenvalue weighted by Crippen LogP contribution is -2.20. The molecule has 1 aromatic rings. The molecule has 0 aliphatic carbocycles. The molecule has 0 spiro atoms. The molecule has 0 bridgehead atoms. The highest BCUT2D eigenvalue weighted by Gasteiger charge is 2.18.